The summed E-state index contributed by atoms with van der Waals surface area (Å²) in [6, 6.07) is 0. The van der Waals surface area contributed by atoms with E-state index in [1.54, 1.807) is 0 Å². The van der Waals surface area contributed by atoms with Crippen LogP contribution in [-0.4, -0.2) is 67.9 Å². The highest BCUT2D eigenvalue weighted by Gasteiger charge is 2.28. The second kappa shape index (κ2) is 13.0. The Balaban J connectivity index is 0.00000676. The third-order valence-corrected chi connectivity index (χ3v) is 3.72. The molecule has 0 bridgehead atoms. The lowest BCUT2D eigenvalue weighted by Crippen LogP contribution is -2.48. The van der Waals surface area contributed by atoms with Gasteiger partial charge in [0.05, 0.1) is 19.1 Å². The van der Waals surface area contributed by atoms with Gasteiger partial charge < -0.3 is 25.0 Å². The summed E-state index contributed by atoms with van der Waals surface area (Å²) in [5.41, 5.74) is -0.516. The number of hydrogen-bond acceptors (Lipinski definition) is 5. The van der Waals surface area contributed by atoms with Gasteiger partial charge in [0.25, 0.3) is 0 Å². The molecule has 1 fully saturated rings. The summed E-state index contributed by atoms with van der Waals surface area (Å²) < 4.78 is 10.3. The van der Waals surface area contributed by atoms with Gasteiger partial charge in [-0.05, 0) is 47.5 Å². The van der Waals surface area contributed by atoms with Crippen molar-refractivity contribution < 1.29 is 19.1 Å². The van der Waals surface area contributed by atoms with Gasteiger partial charge in [0.2, 0.25) is 0 Å². The molecule has 1 rings (SSSR count). The van der Waals surface area contributed by atoms with Crippen LogP contribution in [0.5, 0.6) is 0 Å². The number of likely N-dealkylation sites (tertiary alicyclic amines) is 1. The normalized spacial score (nSPS) is 17.6. The molecule has 9 heteroatoms. The van der Waals surface area contributed by atoms with Crippen molar-refractivity contribution >= 4 is 42.0 Å². The fourth-order valence-corrected chi connectivity index (χ4v) is 2.68. The van der Waals surface area contributed by atoms with Crippen LogP contribution in [0.1, 0.15) is 47.5 Å². The zero-order valence-corrected chi connectivity index (χ0v) is 19.5. The first-order valence-electron chi connectivity index (χ1n) is 9.43. The summed E-state index contributed by atoms with van der Waals surface area (Å²) in [7, 11) is 0. The molecule has 2 N–H and O–H groups in total. The zero-order chi connectivity index (χ0) is 19.6. The number of nitrogens with one attached hydrogen (secondary N) is 2. The van der Waals surface area contributed by atoms with Gasteiger partial charge in [-0.3, -0.25) is 9.79 Å². The summed E-state index contributed by atoms with van der Waals surface area (Å²) in [4.78, 5) is 30.3. The molecule has 1 atom stereocenters. The summed E-state index contributed by atoms with van der Waals surface area (Å²) in [6.45, 7) is 12.7. The SMILES string of the molecule is CCNC(=NCCNC(=O)OC(C)(C)C)N1CCCC(C(=O)OCC)C1.I. The Kier molecular flexibility index (Phi) is 12.4. The third-order valence-electron chi connectivity index (χ3n) is 3.72. The molecule has 0 aromatic heterocycles. The van der Waals surface area contributed by atoms with Crippen LogP contribution in [0.4, 0.5) is 4.79 Å². The van der Waals surface area contributed by atoms with Gasteiger partial charge in [-0.1, -0.05) is 0 Å². The van der Waals surface area contributed by atoms with Crippen molar-refractivity contribution in [3.05, 3.63) is 0 Å². The predicted molar refractivity (Wildman–Crippen MR) is 117 cm³/mol. The minimum Gasteiger partial charge on any atom is -0.466 e. The third kappa shape index (κ3) is 10.6. The van der Waals surface area contributed by atoms with Gasteiger partial charge in [0.15, 0.2) is 5.96 Å². The Labute approximate surface area is 179 Å². The number of guanidine groups is 1. The average Bonchev–Trinajstić information content (AvgIpc) is 2.56. The fraction of sp³-hybridized carbons (Fsp3) is 0.833. The molecule has 1 aliphatic rings. The molecule has 0 saturated carbocycles. The van der Waals surface area contributed by atoms with Gasteiger partial charge in [0, 0.05) is 26.2 Å². The number of carbonyl (C=O) groups is 2. The Bertz CT molecular complexity index is 494. The van der Waals surface area contributed by atoms with Gasteiger partial charge in [0.1, 0.15) is 5.60 Å². The molecule has 0 aromatic carbocycles. The lowest BCUT2D eigenvalue weighted by molar-refractivity contribution is -0.149. The number of ether oxygens (including phenoxy) is 2. The van der Waals surface area contributed by atoms with E-state index in [0.717, 1.165) is 31.9 Å². The van der Waals surface area contributed by atoms with Crippen molar-refractivity contribution in [1.29, 1.82) is 0 Å². The maximum absolute atomic E-state index is 12.0. The number of alkyl carbamates (subject to hydrolysis) is 1. The Morgan fingerprint density at radius 1 is 1.22 bits per heavy atom. The maximum Gasteiger partial charge on any atom is 0.407 e. The van der Waals surface area contributed by atoms with E-state index >= 15 is 0 Å². The predicted octanol–water partition coefficient (Wildman–Crippen LogP) is 2.37. The van der Waals surface area contributed by atoms with Crippen molar-refractivity contribution in [1.82, 2.24) is 15.5 Å². The van der Waals surface area contributed by atoms with E-state index in [4.69, 9.17) is 9.47 Å². The van der Waals surface area contributed by atoms with E-state index in [1.807, 2.05) is 34.6 Å². The summed E-state index contributed by atoms with van der Waals surface area (Å²) in [6.07, 6.45) is 1.32. The van der Waals surface area contributed by atoms with Crippen molar-refractivity contribution in [2.75, 3.05) is 39.3 Å². The second-order valence-electron chi connectivity index (χ2n) is 7.20. The monoisotopic (exact) mass is 498 g/mol. The van der Waals surface area contributed by atoms with Crippen LogP contribution in [0.3, 0.4) is 0 Å². The molecule has 8 nitrogen and oxygen atoms in total. The number of piperidine rings is 1. The van der Waals surface area contributed by atoms with Crippen LogP contribution in [-0.2, 0) is 14.3 Å². The highest BCUT2D eigenvalue weighted by Crippen LogP contribution is 2.18. The van der Waals surface area contributed by atoms with Gasteiger partial charge >= 0.3 is 12.1 Å². The molecule has 1 unspecified atom stereocenters. The molecule has 0 spiro atoms. The topological polar surface area (TPSA) is 92.3 Å². The summed E-state index contributed by atoms with van der Waals surface area (Å²) in [5.74, 6) is 0.500. The quantitative estimate of drug-likeness (QED) is 0.192. The second-order valence-corrected chi connectivity index (χ2v) is 7.20. The average molecular weight is 498 g/mol. The molecule has 0 aliphatic carbocycles. The minimum absolute atomic E-state index is 0. The van der Waals surface area contributed by atoms with Crippen LogP contribution in [0.15, 0.2) is 4.99 Å². The maximum atomic E-state index is 12.0. The number of esters is 1. The number of aliphatic imine (C=N–C) groups is 1. The lowest BCUT2D eigenvalue weighted by atomic mass is 9.98. The van der Waals surface area contributed by atoms with Gasteiger partial charge in [-0.2, -0.15) is 0 Å². The first-order chi connectivity index (χ1) is 12.3. The number of halogens is 1. The van der Waals surface area contributed by atoms with Gasteiger partial charge in [-0.25, -0.2) is 4.79 Å². The molecular formula is C18H35IN4O4. The molecule has 1 heterocycles. The van der Waals surface area contributed by atoms with Crippen molar-refractivity contribution in [2.45, 2.75) is 53.1 Å². The summed E-state index contributed by atoms with van der Waals surface area (Å²) >= 11 is 0. The molecule has 1 saturated heterocycles. The first kappa shape index (κ1) is 25.7. The molecule has 0 aromatic rings. The minimum atomic E-state index is -0.516. The highest BCUT2D eigenvalue weighted by molar-refractivity contribution is 14.0. The number of amides is 1. The van der Waals surface area contributed by atoms with Crippen LogP contribution >= 0.6 is 24.0 Å². The Morgan fingerprint density at radius 2 is 1.93 bits per heavy atom. The largest absolute Gasteiger partial charge is 0.466 e. The van der Waals surface area contributed by atoms with Crippen LogP contribution in [0.25, 0.3) is 0 Å². The molecular weight excluding hydrogens is 463 g/mol. The van der Waals surface area contributed by atoms with E-state index in [2.05, 4.69) is 20.5 Å². The van der Waals surface area contributed by atoms with Crippen molar-refractivity contribution in [3.8, 4) is 0 Å². The number of rotatable bonds is 6. The van der Waals surface area contributed by atoms with E-state index in [-0.39, 0.29) is 35.9 Å². The number of hydrogen-bond donors (Lipinski definition) is 2. The lowest BCUT2D eigenvalue weighted by Gasteiger charge is -2.34. The highest BCUT2D eigenvalue weighted by atomic mass is 127. The standard InChI is InChI=1S/C18H34N4O4.HI/c1-6-19-16(20-10-11-21-17(24)26-18(3,4)5)22-12-8-9-14(13-22)15(23)25-7-2;/h14H,6-13H2,1-5H3,(H,19,20)(H,21,24);1H. The zero-order valence-electron chi connectivity index (χ0n) is 17.2. The Morgan fingerprint density at radius 3 is 2.52 bits per heavy atom. The number of nitrogens with zero attached hydrogens (tertiary/aromatic N) is 2. The molecule has 1 aliphatic heterocycles. The Hall–Kier alpha value is -1.26. The van der Waals surface area contributed by atoms with E-state index in [0.29, 0.717) is 26.2 Å². The van der Waals surface area contributed by atoms with Crippen LogP contribution < -0.4 is 10.6 Å². The molecule has 158 valence electrons. The van der Waals surface area contributed by atoms with Crippen LogP contribution in [0, 0.1) is 5.92 Å². The molecule has 0 radical (unpaired) electrons. The van der Waals surface area contributed by atoms with E-state index in [9.17, 15) is 9.59 Å². The van der Waals surface area contributed by atoms with Crippen molar-refractivity contribution in [2.24, 2.45) is 10.9 Å². The van der Waals surface area contributed by atoms with Gasteiger partial charge in [-0.15, -0.1) is 24.0 Å². The summed E-state index contributed by atoms with van der Waals surface area (Å²) in [5, 5.41) is 5.94. The molecule has 1 amide bonds. The van der Waals surface area contributed by atoms with E-state index in [1.165, 1.54) is 0 Å². The van der Waals surface area contributed by atoms with Crippen LogP contribution in [0.2, 0.25) is 0 Å². The van der Waals surface area contributed by atoms with E-state index < -0.39 is 11.7 Å². The van der Waals surface area contributed by atoms with Crippen molar-refractivity contribution in [3.63, 3.8) is 0 Å². The smallest absolute Gasteiger partial charge is 0.407 e. The molecule has 27 heavy (non-hydrogen) atoms. The fourth-order valence-electron chi connectivity index (χ4n) is 2.68. The first-order valence-corrected chi connectivity index (χ1v) is 9.43. The number of carbonyl (C=O) groups excluding carboxylic acids is 2.